The summed E-state index contributed by atoms with van der Waals surface area (Å²) in [4.78, 5) is 11.2. The average molecular weight is 188 g/mol. The second-order valence-electron chi connectivity index (χ2n) is 3.45. The van der Waals surface area contributed by atoms with Crippen molar-refractivity contribution in [3.8, 4) is 0 Å². The van der Waals surface area contributed by atoms with Crippen LogP contribution in [0.3, 0.4) is 0 Å². The van der Waals surface area contributed by atoms with Gasteiger partial charge >= 0.3 is 0 Å². The number of amides is 1. The standard InChI is InChI=1S/C9H20N2O2/c1-7(2)8(6-12)11-9(13)4-5-10-3/h7-8,10,12H,4-6H2,1-3H3,(H,11,13). The molecule has 0 aromatic carbocycles. The number of rotatable bonds is 6. The van der Waals surface area contributed by atoms with Gasteiger partial charge in [0.05, 0.1) is 12.6 Å². The van der Waals surface area contributed by atoms with E-state index in [1.165, 1.54) is 0 Å². The molecule has 0 heterocycles. The minimum Gasteiger partial charge on any atom is -0.394 e. The lowest BCUT2D eigenvalue weighted by atomic mass is 10.1. The van der Waals surface area contributed by atoms with Gasteiger partial charge in [-0.3, -0.25) is 4.79 Å². The van der Waals surface area contributed by atoms with Crippen molar-refractivity contribution in [3.63, 3.8) is 0 Å². The van der Waals surface area contributed by atoms with E-state index in [9.17, 15) is 4.79 Å². The maximum absolute atomic E-state index is 11.2. The normalized spacial score (nSPS) is 13.0. The first kappa shape index (κ1) is 12.4. The topological polar surface area (TPSA) is 61.4 Å². The molecular formula is C9H20N2O2. The Bertz CT molecular complexity index is 149. The molecule has 0 aliphatic carbocycles. The molecule has 1 unspecified atom stereocenters. The van der Waals surface area contributed by atoms with Crippen LogP contribution in [0, 0.1) is 5.92 Å². The molecule has 0 fully saturated rings. The van der Waals surface area contributed by atoms with E-state index in [4.69, 9.17) is 5.11 Å². The van der Waals surface area contributed by atoms with Gasteiger partial charge in [-0.15, -0.1) is 0 Å². The Hall–Kier alpha value is -0.610. The Balaban J connectivity index is 3.73. The molecule has 1 amide bonds. The minimum absolute atomic E-state index is 0.00294. The van der Waals surface area contributed by atoms with Gasteiger partial charge in [-0.2, -0.15) is 0 Å². The molecule has 0 saturated carbocycles. The van der Waals surface area contributed by atoms with E-state index in [-0.39, 0.29) is 24.5 Å². The second-order valence-corrected chi connectivity index (χ2v) is 3.45. The zero-order chi connectivity index (χ0) is 10.3. The summed E-state index contributed by atoms with van der Waals surface area (Å²) in [6.45, 7) is 4.61. The maximum atomic E-state index is 11.2. The van der Waals surface area contributed by atoms with E-state index in [0.29, 0.717) is 13.0 Å². The summed E-state index contributed by atoms with van der Waals surface area (Å²) >= 11 is 0. The molecule has 78 valence electrons. The molecule has 4 heteroatoms. The lowest BCUT2D eigenvalue weighted by Crippen LogP contribution is -2.41. The zero-order valence-corrected chi connectivity index (χ0v) is 8.63. The van der Waals surface area contributed by atoms with E-state index in [2.05, 4.69) is 10.6 Å². The van der Waals surface area contributed by atoms with Crippen LogP contribution in [0.1, 0.15) is 20.3 Å². The number of hydrogen-bond donors (Lipinski definition) is 3. The van der Waals surface area contributed by atoms with Crippen molar-refractivity contribution >= 4 is 5.91 Å². The second kappa shape index (κ2) is 6.86. The third-order valence-corrected chi connectivity index (χ3v) is 1.95. The van der Waals surface area contributed by atoms with Crippen molar-refractivity contribution in [1.82, 2.24) is 10.6 Å². The summed E-state index contributed by atoms with van der Waals surface area (Å²) in [6, 6.07) is -0.121. The Kier molecular flexibility index (Phi) is 6.54. The summed E-state index contributed by atoms with van der Waals surface area (Å²) in [5.41, 5.74) is 0. The van der Waals surface area contributed by atoms with Crippen LogP contribution in [0.15, 0.2) is 0 Å². The number of hydrogen-bond acceptors (Lipinski definition) is 3. The van der Waals surface area contributed by atoms with Crippen molar-refractivity contribution in [3.05, 3.63) is 0 Å². The number of nitrogens with one attached hydrogen (secondary N) is 2. The van der Waals surface area contributed by atoms with Crippen molar-refractivity contribution in [2.24, 2.45) is 5.92 Å². The monoisotopic (exact) mass is 188 g/mol. The molecule has 13 heavy (non-hydrogen) atoms. The summed E-state index contributed by atoms with van der Waals surface area (Å²) in [5.74, 6) is 0.255. The van der Waals surface area contributed by atoms with Gasteiger partial charge in [0.25, 0.3) is 0 Å². The van der Waals surface area contributed by atoms with Gasteiger partial charge in [0.1, 0.15) is 0 Å². The summed E-state index contributed by atoms with van der Waals surface area (Å²) in [7, 11) is 1.80. The highest BCUT2D eigenvalue weighted by molar-refractivity contribution is 5.76. The summed E-state index contributed by atoms with van der Waals surface area (Å²) < 4.78 is 0. The van der Waals surface area contributed by atoms with Crippen LogP contribution >= 0.6 is 0 Å². The Labute approximate surface area is 79.7 Å². The first-order valence-electron chi connectivity index (χ1n) is 4.66. The molecule has 1 atom stereocenters. The highest BCUT2D eigenvalue weighted by Crippen LogP contribution is 2.00. The quantitative estimate of drug-likeness (QED) is 0.537. The zero-order valence-electron chi connectivity index (χ0n) is 8.63. The molecule has 0 bridgehead atoms. The number of carbonyl (C=O) groups excluding carboxylic acids is 1. The van der Waals surface area contributed by atoms with Gasteiger partial charge in [0, 0.05) is 13.0 Å². The molecule has 0 spiro atoms. The number of aliphatic hydroxyl groups is 1. The van der Waals surface area contributed by atoms with E-state index in [0.717, 1.165) is 0 Å². The fraction of sp³-hybridized carbons (Fsp3) is 0.889. The van der Waals surface area contributed by atoms with E-state index in [1.807, 2.05) is 13.8 Å². The third kappa shape index (κ3) is 5.60. The van der Waals surface area contributed by atoms with Crippen LogP contribution in [-0.2, 0) is 4.79 Å². The van der Waals surface area contributed by atoms with Crippen LogP contribution in [0.4, 0.5) is 0 Å². The van der Waals surface area contributed by atoms with E-state index >= 15 is 0 Å². The highest BCUT2D eigenvalue weighted by atomic mass is 16.3. The Morgan fingerprint density at radius 3 is 2.46 bits per heavy atom. The number of carbonyl (C=O) groups is 1. The highest BCUT2D eigenvalue weighted by Gasteiger charge is 2.13. The smallest absolute Gasteiger partial charge is 0.221 e. The van der Waals surface area contributed by atoms with E-state index in [1.54, 1.807) is 7.05 Å². The average Bonchev–Trinajstić information content (AvgIpc) is 2.10. The first-order valence-corrected chi connectivity index (χ1v) is 4.66. The summed E-state index contributed by atoms with van der Waals surface area (Å²) in [5, 5.41) is 14.6. The van der Waals surface area contributed by atoms with E-state index < -0.39 is 0 Å². The molecule has 0 rings (SSSR count). The fourth-order valence-corrected chi connectivity index (χ4v) is 0.941. The van der Waals surface area contributed by atoms with Crippen molar-refractivity contribution in [1.29, 1.82) is 0 Å². The van der Waals surface area contributed by atoms with Crippen molar-refractivity contribution in [2.45, 2.75) is 26.3 Å². The van der Waals surface area contributed by atoms with Crippen LogP contribution in [0.2, 0.25) is 0 Å². The molecule has 3 N–H and O–H groups in total. The third-order valence-electron chi connectivity index (χ3n) is 1.95. The van der Waals surface area contributed by atoms with Gasteiger partial charge in [-0.25, -0.2) is 0 Å². The lowest BCUT2D eigenvalue weighted by Gasteiger charge is -2.19. The molecule has 0 saturated heterocycles. The van der Waals surface area contributed by atoms with Gasteiger partial charge in [-0.05, 0) is 13.0 Å². The van der Waals surface area contributed by atoms with Crippen LogP contribution in [0.5, 0.6) is 0 Å². The molecule has 0 aliphatic heterocycles. The Morgan fingerprint density at radius 1 is 1.46 bits per heavy atom. The molecule has 0 aliphatic rings. The van der Waals surface area contributed by atoms with Crippen molar-refractivity contribution in [2.75, 3.05) is 20.2 Å². The predicted molar refractivity (Wildman–Crippen MR) is 52.4 cm³/mol. The molecule has 0 radical (unpaired) electrons. The molecule has 0 aromatic heterocycles. The molecule has 4 nitrogen and oxygen atoms in total. The van der Waals surface area contributed by atoms with Gasteiger partial charge in [0.2, 0.25) is 5.91 Å². The van der Waals surface area contributed by atoms with Crippen LogP contribution in [-0.4, -0.2) is 37.3 Å². The van der Waals surface area contributed by atoms with Crippen LogP contribution < -0.4 is 10.6 Å². The molecular weight excluding hydrogens is 168 g/mol. The Morgan fingerprint density at radius 2 is 2.08 bits per heavy atom. The molecule has 0 aromatic rings. The van der Waals surface area contributed by atoms with Gasteiger partial charge < -0.3 is 15.7 Å². The lowest BCUT2D eigenvalue weighted by molar-refractivity contribution is -0.122. The largest absolute Gasteiger partial charge is 0.394 e. The van der Waals surface area contributed by atoms with Crippen molar-refractivity contribution < 1.29 is 9.90 Å². The SMILES string of the molecule is CNCCC(=O)NC(CO)C(C)C. The minimum atomic E-state index is -0.121. The van der Waals surface area contributed by atoms with Crippen LogP contribution in [0.25, 0.3) is 0 Å². The predicted octanol–water partition coefficient (Wildman–Crippen LogP) is -0.271. The summed E-state index contributed by atoms with van der Waals surface area (Å²) in [6.07, 6.45) is 0.458. The number of aliphatic hydroxyl groups excluding tert-OH is 1. The maximum Gasteiger partial charge on any atom is 0.221 e. The van der Waals surface area contributed by atoms with Gasteiger partial charge in [0.15, 0.2) is 0 Å². The van der Waals surface area contributed by atoms with Gasteiger partial charge in [-0.1, -0.05) is 13.8 Å². The first-order chi connectivity index (χ1) is 6.11. The fourth-order valence-electron chi connectivity index (χ4n) is 0.941.